The topological polar surface area (TPSA) is 68.2 Å². The number of rotatable bonds is 4. The van der Waals surface area contributed by atoms with E-state index in [1.165, 1.54) is 11.1 Å². The molecule has 0 saturated carbocycles. The van der Waals surface area contributed by atoms with E-state index in [-0.39, 0.29) is 0 Å². The molecule has 2 aromatic rings. The van der Waals surface area contributed by atoms with Gasteiger partial charge in [-0.15, -0.1) is 0 Å². The fraction of sp³-hybridized carbons (Fsp3) is 0.286. The Kier molecular flexibility index (Phi) is 4.79. The summed E-state index contributed by atoms with van der Waals surface area (Å²) in [4.78, 5) is 4.29. The summed E-state index contributed by atoms with van der Waals surface area (Å²) in [5.41, 5.74) is 9.23. The van der Waals surface area contributed by atoms with E-state index in [1.54, 1.807) is 6.20 Å². The first-order valence-corrected chi connectivity index (χ1v) is 7.15. The first kappa shape index (κ1) is 14.6. The van der Waals surface area contributed by atoms with Crippen LogP contribution in [0.15, 0.2) is 40.1 Å². The maximum atomic E-state index is 5.88. The third-order valence-corrected chi connectivity index (χ3v) is 3.12. The van der Waals surface area contributed by atoms with E-state index in [2.05, 4.69) is 51.3 Å². The number of halogens is 1. The van der Waals surface area contributed by atoms with Gasteiger partial charge in [-0.2, -0.15) is 5.10 Å². The average Bonchev–Trinajstić information content (AvgIpc) is 2.73. The minimum Gasteiger partial charge on any atom is -0.370 e. The standard InChI is InChI=1S/C14H18BrN5/c1-10-5-11(2)7-13(6-10)19-14(16)17-3-4-20-9-12(15)8-18-20/h5-9H,3-4H2,1-2H3,(H3,16,17,19). The highest BCUT2D eigenvalue weighted by molar-refractivity contribution is 9.10. The fourth-order valence-electron chi connectivity index (χ4n) is 1.97. The van der Waals surface area contributed by atoms with Crippen molar-refractivity contribution in [1.82, 2.24) is 9.78 Å². The molecule has 1 aromatic carbocycles. The second kappa shape index (κ2) is 6.56. The Bertz CT molecular complexity index is 598. The largest absolute Gasteiger partial charge is 0.370 e. The fourth-order valence-corrected chi connectivity index (χ4v) is 2.30. The molecule has 5 nitrogen and oxygen atoms in total. The number of aromatic nitrogens is 2. The number of nitrogens with two attached hydrogens (primary N) is 1. The third-order valence-electron chi connectivity index (χ3n) is 2.71. The van der Waals surface area contributed by atoms with Crippen molar-refractivity contribution >= 4 is 27.6 Å². The van der Waals surface area contributed by atoms with E-state index in [9.17, 15) is 0 Å². The lowest BCUT2D eigenvalue weighted by Crippen LogP contribution is -2.23. The summed E-state index contributed by atoms with van der Waals surface area (Å²) in [7, 11) is 0. The van der Waals surface area contributed by atoms with Crippen LogP contribution in [0.1, 0.15) is 11.1 Å². The van der Waals surface area contributed by atoms with Gasteiger partial charge in [0.15, 0.2) is 5.96 Å². The molecule has 0 saturated heterocycles. The van der Waals surface area contributed by atoms with E-state index >= 15 is 0 Å². The summed E-state index contributed by atoms with van der Waals surface area (Å²) < 4.78 is 2.78. The Morgan fingerprint density at radius 2 is 2.05 bits per heavy atom. The second-order valence-corrected chi connectivity index (χ2v) is 5.61. The molecule has 0 spiro atoms. The van der Waals surface area contributed by atoms with Crippen molar-refractivity contribution in [2.24, 2.45) is 10.7 Å². The first-order chi connectivity index (χ1) is 9.52. The van der Waals surface area contributed by atoms with E-state index in [4.69, 9.17) is 5.73 Å². The van der Waals surface area contributed by atoms with Gasteiger partial charge in [0.25, 0.3) is 0 Å². The van der Waals surface area contributed by atoms with E-state index in [0.717, 1.165) is 10.2 Å². The number of nitrogens with one attached hydrogen (secondary N) is 1. The Balaban J connectivity index is 1.90. The third kappa shape index (κ3) is 4.38. The number of hydrogen-bond donors (Lipinski definition) is 2. The number of aryl methyl sites for hydroxylation is 2. The minimum absolute atomic E-state index is 0.418. The molecule has 106 valence electrons. The van der Waals surface area contributed by atoms with Crippen LogP contribution < -0.4 is 11.1 Å². The van der Waals surface area contributed by atoms with Crippen molar-refractivity contribution in [2.45, 2.75) is 20.4 Å². The highest BCUT2D eigenvalue weighted by atomic mass is 79.9. The highest BCUT2D eigenvalue weighted by Crippen LogP contribution is 2.13. The summed E-state index contributed by atoms with van der Waals surface area (Å²) in [6.07, 6.45) is 3.66. The van der Waals surface area contributed by atoms with Gasteiger partial charge in [0.2, 0.25) is 0 Å². The number of anilines is 1. The maximum Gasteiger partial charge on any atom is 0.193 e. The zero-order valence-electron chi connectivity index (χ0n) is 11.6. The van der Waals surface area contributed by atoms with Crippen LogP contribution in [0.3, 0.4) is 0 Å². The lowest BCUT2D eigenvalue weighted by atomic mass is 10.1. The molecule has 1 heterocycles. The molecule has 0 unspecified atom stereocenters. The van der Waals surface area contributed by atoms with Crippen molar-refractivity contribution in [3.05, 3.63) is 46.2 Å². The number of hydrogen-bond acceptors (Lipinski definition) is 2. The molecule has 0 aliphatic rings. The zero-order valence-corrected chi connectivity index (χ0v) is 13.2. The van der Waals surface area contributed by atoms with Gasteiger partial charge in [0, 0.05) is 11.9 Å². The Morgan fingerprint density at radius 1 is 1.35 bits per heavy atom. The number of guanidine groups is 1. The molecule has 0 radical (unpaired) electrons. The first-order valence-electron chi connectivity index (χ1n) is 6.36. The van der Waals surface area contributed by atoms with Crippen LogP contribution in [0.4, 0.5) is 5.69 Å². The Morgan fingerprint density at radius 3 is 2.65 bits per heavy atom. The van der Waals surface area contributed by atoms with Crippen LogP contribution in [0.5, 0.6) is 0 Å². The summed E-state index contributed by atoms with van der Waals surface area (Å²) in [6.45, 7) is 5.39. The molecule has 1 aromatic heterocycles. The summed E-state index contributed by atoms with van der Waals surface area (Å²) in [5.74, 6) is 0.418. The Labute approximate surface area is 127 Å². The molecule has 6 heteroatoms. The van der Waals surface area contributed by atoms with E-state index in [1.807, 2.05) is 23.0 Å². The predicted octanol–water partition coefficient (Wildman–Crippen LogP) is 2.69. The molecule has 0 atom stereocenters. The molecule has 2 rings (SSSR count). The molecule has 0 bridgehead atoms. The van der Waals surface area contributed by atoms with Crippen LogP contribution in [0.2, 0.25) is 0 Å². The van der Waals surface area contributed by atoms with E-state index in [0.29, 0.717) is 19.0 Å². The van der Waals surface area contributed by atoms with Gasteiger partial charge in [-0.3, -0.25) is 9.67 Å². The molecule has 0 aliphatic heterocycles. The van der Waals surface area contributed by atoms with Crippen LogP contribution in [-0.4, -0.2) is 22.3 Å². The smallest absolute Gasteiger partial charge is 0.193 e. The highest BCUT2D eigenvalue weighted by Gasteiger charge is 1.98. The molecule has 20 heavy (non-hydrogen) atoms. The van der Waals surface area contributed by atoms with Crippen molar-refractivity contribution in [2.75, 3.05) is 11.9 Å². The average molecular weight is 336 g/mol. The van der Waals surface area contributed by atoms with Crippen LogP contribution in [0, 0.1) is 13.8 Å². The predicted molar refractivity (Wildman–Crippen MR) is 86.0 cm³/mol. The van der Waals surface area contributed by atoms with Crippen LogP contribution >= 0.6 is 15.9 Å². The zero-order chi connectivity index (χ0) is 14.5. The van der Waals surface area contributed by atoms with Gasteiger partial charge < -0.3 is 11.1 Å². The Hall–Kier alpha value is -1.82. The number of benzene rings is 1. The van der Waals surface area contributed by atoms with Gasteiger partial charge in [0.1, 0.15) is 0 Å². The van der Waals surface area contributed by atoms with E-state index < -0.39 is 0 Å². The monoisotopic (exact) mass is 335 g/mol. The number of nitrogens with zero attached hydrogens (tertiary/aromatic N) is 3. The summed E-state index contributed by atoms with van der Waals surface area (Å²) in [6, 6.07) is 6.20. The lowest BCUT2D eigenvalue weighted by molar-refractivity contribution is 0.625. The summed E-state index contributed by atoms with van der Waals surface area (Å²) >= 11 is 3.35. The molecular weight excluding hydrogens is 318 g/mol. The van der Waals surface area contributed by atoms with Gasteiger partial charge in [-0.1, -0.05) is 6.07 Å². The maximum absolute atomic E-state index is 5.88. The van der Waals surface area contributed by atoms with Gasteiger partial charge in [0.05, 0.1) is 23.8 Å². The van der Waals surface area contributed by atoms with Crippen molar-refractivity contribution < 1.29 is 0 Å². The van der Waals surface area contributed by atoms with Crippen molar-refractivity contribution in [3.63, 3.8) is 0 Å². The SMILES string of the molecule is Cc1cc(C)cc(NC(N)=NCCn2cc(Br)cn2)c1. The lowest BCUT2D eigenvalue weighted by Gasteiger charge is -2.08. The van der Waals surface area contributed by atoms with Crippen molar-refractivity contribution in [1.29, 1.82) is 0 Å². The summed E-state index contributed by atoms with van der Waals surface area (Å²) in [5, 5.41) is 7.26. The normalized spacial score (nSPS) is 11.7. The second-order valence-electron chi connectivity index (χ2n) is 4.69. The molecule has 3 N–H and O–H groups in total. The molecular formula is C14H18BrN5. The van der Waals surface area contributed by atoms with Gasteiger partial charge >= 0.3 is 0 Å². The van der Waals surface area contributed by atoms with Gasteiger partial charge in [-0.05, 0) is 53.0 Å². The van der Waals surface area contributed by atoms with Crippen LogP contribution in [-0.2, 0) is 6.54 Å². The molecule has 0 aliphatic carbocycles. The number of aliphatic imine (C=N–C) groups is 1. The van der Waals surface area contributed by atoms with Crippen LogP contribution in [0.25, 0.3) is 0 Å². The van der Waals surface area contributed by atoms with Gasteiger partial charge in [-0.25, -0.2) is 0 Å². The quantitative estimate of drug-likeness (QED) is 0.666. The van der Waals surface area contributed by atoms with Crippen molar-refractivity contribution in [3.8, 4) is 0 Å². The molecule has 0 amide bonds. The molecule has 0 fully saturated rings. The minimum atomic E-state index is 0.418.